The standard InChI is InChI=1S/C16H17F3N2O/c1-8-4-10(8)9-5-11-13-7-20-2-3-21(13)15(22)14(11)12(6-9)16(17,18)19/h5-6,8,10,13,20H,2-4,7H2,1H3/t8-,10+,13-/m0/s1. The minimum atomic E-state index is -4.49. The Morgan fingerprint density at radius 2 is 2.05 bits per heavy atom. The van der Waals surface area contributed by atoms with Crippen LogP contribution >= 0.6 is 0 Å². The van der Waals surface area contributed by atoms with Gasteiger partial charge in [0.2, 0.25) is 0 Å². The number of hydrogen-bond acceptors (Lipinski definition) is 2. The van der Waals surface area contributed by atoms with Crippen molar-refractivity contribution in [2.24, 2.45) is 5.92 Å². The van der Waals surface area contributed by atoms with Gasteiger partial charge >= 0.3 is 6.18 Å². The highest BCUT2D eigenvalue weighted by atomic mass is 19.4. The maximum Gasteiger partial charge on any atom is 0.417 e. The minimum absolute atomic E-state index is 0.127. The summed E-state index contributed by atoms with van der Waals surface area (Å²) in [6.07, 6.45) is -3.56. The molecule has 1 aliphatic carbocycles. The molecule has 1 N–H and O–H groups in total. The number of fused-ring (bicyclic) bond motifs is 3. The van der Waals surface area contributed by atoms with E-state index in [-0.39, 0.29) is 17.5 Å². The molecule has 2 heterocycles. The third-order valence-corrected chi connectivity index (χ3v) is 5.11. The molecule has 118 valence electrons. The van der Waals surface area contributed by atoms with Crippen LogP contribution in [0.3, 0.4) is 0 Å². The zero-order valence-corrected chi connectivity index (χ0v) is 12.2. The molecule has 1 saturated heterocycles. The number of carbonyl (C=O) groups is 1. The van der Waals surface area contributed by atoms with Gasteiger partial charge in [-0.1, -0.05) is 13.0 Å². The summed E-state index contributed by atoms with van der Waals surface area (Å²) in [6.45, 7) is 3.67. The van der Waals surface area contributed by atoms with Crippen molar-refractivity contribution in [3.8, 4) is 0 Å². The van der Waals surface area contributed by atoms with Crippen LogP contribution in [0.15, 0.2) is 12.1 Å². The van der Waals surface area contributed by atoms with Gasteiger partial charge in [-0.3, -0.25) is 4.79 Å². The molecule has 1 saturated carbocycles. The number of halogens is 3. The molecule has 0 aromatic heterocycles. The lowest BCUT2D eigenvalue weighted by Crippen LogP contribution is -2.44. The third kappa shape index (κ3) is 1.96. The van der Waals surface area contributed by atoms with Crippen molar-refractivity contribution >= 4 is 5.91 Å². The summed E-state index contributed by atoms with van der Waals surface area (Å²) in [4.78, 5) is 14.0. The first kappa shape index (κ1) is 14.1. The summed E-state index contributed by atoms with van der Waals surface area (Å²) >= 11 is 0. The van der Waals surface area contributed by atoms with Crippen molar-refractivity contribution < 1.29 is 18.0 Å². The molecule has 0 radical (unpaired) electrons. The fourth-order valence-corrected chi connectivity index (χ4v) is 3.78. The van der Waals surface area contributed by atoms with E-state index in [1.807, 2.05) is 13.0 Å². The van der Waals surface area contributed by atoms with Gasteiger partial charge in [0.25, 0.3) is 5.91 Å². The summed E-state index contributed by atoms with van der Waals surface area (Å²) in [7, 11) is 0. The summed E-state index contributed by atoms with van der Waals surface area (Å²) in [6, 6.07) is 2.79. The second-order valence-electron chi connectivity index (χ2n) is 6.57. The second-order valence-corrected chi connectivity index (χ2v) is 6.57. The maximum atomic E-state index is 13.5. The minimum Gasteiger partial charge on any atom is -0.329 e. The Labute approximate surface area is 126 Å². The SMILES string of the molecule is C[C@H]1C[C@H]1c1cc2c(c(C(F)(F)F)c1)C(=O)N1CCNC[C@@H]21. The highest BCUT2D eigenvalue weighted by Gasteiger charge is 2.47. The molecule has 1 amide bonds. The van der Waals surface area contributed by atoms with E-state index in [2.05, 4.69) is 5.32 Å². The lowest BCUT2D eigenvalue weighted by Gasteiger charge is -2.30. The summed E-state index contributed by atoms with van der Waals surface area (Å²) in [5.74, 6) is 0.160. The fourth-order valence-electron chi connectivity index (χ4n) is 3.78. The molecule has 22 heavy (non-hydrogen) atoms. The van der Waals surface area contributed by atoms with Gasteiger partial charge in [-0.05, 0) is 35.4 Å². The van der Waals surface area contributed by atoms with Gasteiger partial charge < -0.3 is 10.2 Å². The van der Waals surface area contributed by atoms with Crippen molar-refractivity contribution in [1.82, 2.24) is 10.2 Å². The van der Waals surface area contributed by atoms with Gasteiger partial charge in [-0.15, -0.1) is 0 Å². The fraction of sp³-hybridized carbons (Fsp3) is 0.562. The first-order chi connectivity index (χ1) is 10.4. The first-order valence-corrected chi connectivity index (χ1v) is 7.64. The van der Waals surface area contributed by atoms with Crippen molar-refractivity contribution in [2.75, 3.05) is 19.6 Å². The number of hydrogen-bond donors (Lipinski definition) is 1. The van der Waals surface area contributed by atoms with Crippen LogP contribution in [0.1, 0.15) is 52.4 Å². The van der Waals surface area contributed by atoms with E-state index >= 15 is 0 Å². The van der Waals surface area contributed by atoms with Gasteiger partial charge in [0.1, 0.15) is 0 Å². The Kier molecular flexibility index (Phi) is 2.86. The number of rotatable bonds is 1. The molecule has 6 heteroatoms. The van der Waals surface area contributed by atoms with Gasteiger partial charge in [0.05, 0.1) is 17.2 Å². The van der Waals surface area contributed by atoms with Crippen molar-refractivity contribution in [2.45, 2.75) is 31.5 Å². The van der Waals surface area contributed by atoms with Crippen LogP contribution < -0.4 is 5.32 Å². The molecule has 3 aliphatic rings. The smallest absolute Gasteiger partial charge is 0.329 e. The van der Waals surface area contributed by atoms with Crippen LogP contribution in [0.4, 0.5) is 13.2 Å². The Morgan fingerprint density at radius 1 is 1.32 bits per heavy atom. The zero-order valence-electron chi connectivity index (χ0n) is 12.2. The van der Waals surface area contributed by atoms with Crippen molar-refractivity contribution in [3.63, 3.8) is 0 Å². The van der Waals surface area contributed by atoms with E-state index in [0.29, 0.717) is 31.1 Å². The summed E-state index contributed by atoms with van der Waals surface area (Å²) < 4.78 is 40.4. The van der Waals surface area contributed by atoms with Crippen molar-refractivity contribution in [1.29, 1.82) is 0 Å². The van der Waals surface area contributed by atoms with E-state index < -0.39 is 17.6 Å². The normalized spacial score (nSPS) is 30.3. The molecule has 2 aliphatic heterocycles. The van der Waals surface area contributed by atoms with E-state index in [1.165, 1.54) is 6.07 Å². The first-order valence-electron chi connectivity index (χ1n) is 7.64. The molecular weight excluding hydrogens is 293 g/mol. The topological polar surface area (TPSA) is 32.3 Å². The van der Waals surface area contributed by atoms with Crippen LogP contribution in [0.5, 0.6) is 0 Å². The second kappa shape index (κ2) is 4.47. The largest absolute Gasteiger partial charge is 0.417 e. The Hall–Kier alpha value is -1.56. The number of benzene rings is 1. The highest BCUT2D eigenvalue weighted by molar-refractivity contribution is 6.01. The van der Waals surface area contributed by atoms with E-state index in [1.54, 1.807) is 4.90 Å². The van der Waals surface area contributed by atoms with Crippen LogP contribution in [0, 0.1) is 5.92 Å². The van der Waals surface area contributed by atoms with E-state index in [9.17, 15) is 18.0 Å². The number of nitrogens with zero attached hydrogens (tertiary/aromatic N) is 1. The Bertz CT molecular complexity index is 656. The van der Waals surface area contributed by atoms with Crippen LogP contribution in [-0.4, -0.2) is 30.4 Å². The summed E-state index contributed by atoms with van der Waals surface area (Å²) in [5.41, 5.74) is 0.414. The highest BCUT2D eigenvalue weighted by Crippen LogP contribution is 2.51. The average molecular weight is 310 g/mol. The van der Waals surface area contributed by atoms with E-state index in [4.69, 9.17) is 0 Å². The molecule has 1 aromatic rings. The molecule has 0 unspecified atom stereocenters. The predicted molar refractivity (Wildman–Crippen MR) is 74.6 cm³/mol. The Balaban J connectivity index is 1.89. The summed E-state index contributed by atoms with van der Waals surface area (Å²) in [5, 5.41) is 3.17. The average Bonchev–Trinajstić information content (AvgIpc) is 3.14. The molecule has 2 fully saturated rings. The predicted octanol–water partition coefficient (Wildman–Crippen LogP) is 2.93. The molecular formula is C16H17F3N2O. The maximum absolute atomic E-state index is 13.5. The van der Waals surface area contributed by atoms with Crippen LogP contribution in [0.2, 0.25) is 0 Å². The molecule has 4 rings (SSSR count). The van der Waals surface area contributed by atoms with E-state index in [0.717, 1.165) is 12.0 Å². The van der Waals surface area contributed by atoms with Gasteiger partial charge in [0, 0.05) is 19.6 Å². The van der Waals surface area contributed by atoms with Crippen molar-refractivity contribution in [3.05, 3.63) is 34.4 Å². The number of alkyl halides is 3. The molecule has 1 aromatic carbocycles. The lowest BCUT2D eigenvalue weighted by atomic mass is 9.93. The number of amides is 1. The monoisotopic (exact) mass is 310 g/mol. The van der Waals surface area contributed by atoms with Gasteiger partial charge in [0.15, 0.2) is 0 Å². The number of nitrogens with one attached hydrogen (secondary N) is 1. The zero-order chi connectivity index (χ0) is 15.6. The van der Waals surface area contributed by atoms with Crippen LogP contribution in [-0.2, 0) is 6.18 Å². The van der Waals surface area contributed by atoms with Crippen LogP contribution in [0.25, 0.3) is 0 Å². The number of piperazine rings is 1. The molecule has 0 bridgehead atoms. The lowest BCUT2D eigenvalue weighted by molar-refractivity contribution is -0.138. The molecule has 3 nitrogen and oxygen atoms in total. The molecule has 3 atom stereocenters. The Morgan fingerprint density at radius 3 is 2.68 bits per heavy atom. The number of carbonyl (C=O) groups excluding carboxylic acids is 1. The third-order valence-electron chi connectivity index (χ3n) is 5.11. The van der Waals surface area contributed by atoms with Gasteiger partial charge in [-0.2, -0.15) is 13.2 Å². The molecule has 0 spiro atoms. The van der Waals surface area contributed by atoms with Gasteiger partial charge in [-0.25, -0.2) is 0 Å². The quantitative estimate of drug-likeness (QED) is 0.865.